The van der Waals surface area contributed by atoms with Gasteiger partial charge in [0.15, 0.2) is 5.96 Å². The van der Waals surface area contributed by atoms with E-state index in [9.17, 15) is 4.79 Å². The van der Waals surface area contributed by atoms with Gasteiger partial charge in [-0.2, -0.15) is 0 Å². The lowest BCUT2D eigenvalue weighted by Gasteiger charge is -2.21. The normalized spacial score (nSPS) is 20.1. The second-order valence-corrected chi connectivity index (χ2v) is 5.92. The zero-order valence-corrected chi connectivity index (χ0v) is 14.5. The molecular formula is C16H32N4O2. The molecule has 1 aliphatic heterocycles. The number of carbonyl (C=O) groups excluding carboxylic acids is 1. The van der Waals surface area contributed by atoms with Crippen LogP contribution in [-0.2, 0) is 9.53 Å². The van der Waals surface area contributed by atoms with Crippen LogP contribution in [0.25, 0.3) is 0 Å². The fourth-order valence-electron chi connectivity index (χ4n) is 2.53. The molecule has 1 heterocycles. The molecule has 1 fully saturated rings. The van der Waals surface area contributed by atoms with Crippen molar-refractivity contribution in [2.24, 2.45) is 10.9 Å². The molecule has 0 spiro atoms. The summed E-state index contributed by atoms with van der Waals surface area (Å²) in [5, 5.41) is 6.29. The minimum absolute atomic E-state index is 0.0765. The second kappa shape index (κ2) is 10.4. The van der Waals surface area contributed by atoms with Crippen LogP contribution in [0.5, 0.6) is 0 Å². The monoisotopic (exact) mass is 312 g/mol. The predicted molar refractivity (Wildman–Crippen MR) is 90.0 cm³/mol. The Bertz CT molecular complexity index is 360. The largest absolute Gasteiger partial charge is 0.384 e. The summed E-state index contributed by atoms with van der Waals surface area (Å²) in [6.07, 6.45) is 2.52. The van der Waals surface area contributed by atoms with Crippen LogP contribution in [0.2, 0.25) is 0 Å². The van der Waals surface area contributed by atoms with Gasteiger partial charge in [0.2, 0.25) is 5.91 Å². The van der Waals surface area contributed by atoms with Crippen LogP contribution < -0.4 is 10.6 Å². The second-order valence-electron chi connectivity index (χ2n) is 5.92. The first-order valence-electron chi connectivity index (χ1n) is 8.42. The van der Waals surface area contributed by atoms with E-state index >= 15 is 0 Å². The van der Waals surface area contributed by atoms with Crippen LogP contribution in [0.1, 0.15) is 40.0 Å². The van der Waals surface area contributed by atoms with Crippen molar-refractivity contribution < 1.29 is 9.53 Å². The molecule has 1 saturated heterocycles. The number of guanidine groups is 1. The summed E-state index contributed by atoms with van der Waals surface area (Å²) < 4.78 is 5.23. The van der Waals surface area contributed by atoms with Gasteiger partial charge in [-0.25, -0.2) is 0 Å². The summed E-state index contributed by atoms with van der Waals surface area (Å²) in [5.74, 6) is 1.56. The van der Waals surface area contributed by atoms with Crippen LogP contribution >= 0.6 is 0 Å². The number of rotatable bonds is 8. The number of ether oxygens (including phenoxy) is 1. The number of amides is 1. The molecule has 2 unspecified atom stereocenters. The molecule has 0 bridgehead atoms. The molecule has 22 heavy (non-hydrogen) atoms. The van der Waals surface area contributed by atoms with Gasteiger partial charge in [0.25, 0.3) is 0 Å². The van der Waals surface area contributed by atoms with Gasteiger partial charge in [-0.3, -0.25) is 9.79 Å². The van der Waals surface area contributed by atoms with E-state index in [2.05, 4.69) is 34.4 Å². The molecule has 0 aromatic carbocycles. The number of methoxy groups -OCH3 is 1. The number of hydrogen-bond donors (Lipinski definition) is 2. The first-order chi connectivity index (χ1) is 10.6. The van der Waals surface area contributed by atoms with E-state index in [1.165, 1.54) is 0 Å². The van der Waals surface area contributed by atoms with E-state index in [0.717, 1.165) is 45.0 Å². The van der Waals surface area contributed by atoms with Crippen molar-refractivity contribution >= 4 is 11.9 Å². The summed E-state index contributed by atoms with van der Waals surface area (Å²) in [7, 11) is 1.75. The lowest BCUT2D eigenvalue weighted by Crippen LogP contribution is -2.40. The number of carbonyl (C=O) groups is 1. The maximum Gasteiger partial charge on any atom is 0.222 e. The molecule has 128 valence electrons. The molecule has 1 aliphatic rings. The smallest absolute Gasteiger partial charge is 0.222 e. The minimum Gasteiger partial charge on any atom is -0.384 e. The van der Waals surface area contributed by atoms with Crippen LogP contribution in [0.4, 0.5) is 0 Å². The van der Waals surface area contributed by atoms with Crippen LogP contribution in [0, 0.1) is 5.92 Å². The van der Waals surface area contributed by atoms with E-state index in [4.69, 9.17) is 4.74 Å². The van der Waals surface area contributed by atoms with Crippen LogP contribution in [-0.4, -0.2) is 62.7 Å². The van der Waals surface area contributed by atoms with Crippen molar-refractivity contribution in [3.8, 4) is 0 Å². The van der Waals surface area contributed by atoms with Crippen LogP contribution in [0.3, 0.4) is 0 Å². The molecule has 0 aromatic heterocycles. The molecule has 0 aliphatic carbocycles. The van der Waals surface area contributed by atoms with Gasteiger partial charge in [0, 0.05) is 45.1 Å². The zero-order chi connectivity index (χ0) is 16.4. The predicted octanol–water partition coefficient (Wildman–Crippen LogP) is 1.23. The molecule has 0 saturated carbocycles. The quantitative estimate of drug-likeness (QED) is 0.522. The number of hydrogen-bond acceptors (Lipinski definition) is 3. The first kappa shape index (κ1) is 18.7. The number of nitrogens with zero attached hydrogens (tertiary/aromatic N) is 2. The molecule has 0 aromatic rings. The average Bonchev–Trinajstić information content (AvgIpc) is 2.95. The SMILES string of the molecule is CCNC(=NCCC(=O)NC(C)CC)N1CCC(COC)C1. The van der Waals surface area contributed by atoms with E-state index in [1.54, 1.807) is 7.11 Å². The van der Waals surface area contributed by atoms with Crippen molar-refractivity contribution in [1.29, 1.82) is 0 Å². The Kier molecular flexibility index (Phi) is 8.89. The highest BCUT2D eigenvalue weighted by molar-refractivity contribution is 5.81. The molecular weight excluding hydrogens is 280 g/mol. The maximum atomic E-state index is 11.8. The van der Waals surface area contributed by atoms with Gasteiger partial charge in [-0.05, 0) is 26.7 Å². The van der Waals surface area contributed by atoms with Gasteiger partial charge in [0.05, 0.1) is 13.2 Å². The number of nitrogens with one attached hydrogen (secondary N) is 2. The zero-order valence-electron chi connectivity index (χ0n) is 14.5. The summed E-state index contributed by atoms with van der Waals surface area (Å²) in [5.41, 5.74) is 0. The molecule has 1 amide bonds. The Morgan fingerprint density at radius 2 is 2.23 bits per heavy atom. The van der Waals surface area contributed by atoms with Crippen molar-refractivity contribution in [1.82, 2.24) is 15.5 Å². The fourth-order valence-corrected chi connectivity index (χ4v) is 2.53. The van der Waals surface area contributed by atoms with E-state index in [1.807, 2.05) is 6.92 Å². The van der Waals surface area contributed by atoms with E-state index in [0.29, 0.717) is 18.9 Å². The Labute approximate surface area is 134 Å². The molecule has 2 N–H and O–H groups in total. The lowest BCUT2D eigenvalue weighted by atomic mass is 10.1. The highest BCUT2D eigenvalue weighted by Crippen LogP contribution is 2.16. The van der Waals surface area contributed by atoms with Crippen molar-refractivity contribution in [3.63, 3.8) is 0 Å². The molecule has 0 radical (unpaired) electrons. The van der Waals surface area contributed by atoms with Gasteiger partial charge in [-0.15, -0.1) is 0 Å². The Balaban J connectivity index is 2.44. The standard InChI is InChI=1S/C16H32N4O2/c1-5-13(3)19-15(21)7-9-18-16(17-6-2)20-10-8-14(11-20)12-22-4/h13-14H,5-12H2,1-4H3,(H,17,18)(H,19,21). The van der Waals surface area contributed by atoms with Gasteiger partial charge in [0.1, 0.15) is 0 Å². The van der Waals surface area contributed by atoms with Crippen molar-refractivity contribution in [2.75, 3.05) is 39.9 Å². The van der Waals surface area contributed by atoms with E-state index < -0.39 is 0 Å². The summed E-state index contributed by atoms with van der Waals surface area (Å²) in [6.45, 7) is 10.3. The molecule has 6 heteroatoms. The number of aliphatic imine (C=N–C) groups is 1. The highest BCUT2D eigenvalue weighted by Gasteiger charge is 2.24. The third-order valence-corrected chi connectivity index (χ3v) is 3.94. The summed E-state index contributed by atoms with van der Waals surface area (Å²) >= 11 is 0. The average molecular weight is 312 g/mol. The topological polar surface area (TPSA) is 66.0 Å². The van der Waals surface area contributed by atoms with E-state index in [-0.39, 0.29) is 11.9 Å². The minimum atomic E-state index is 0.0765. The maximum absolute atomic E-state index is 11.8. The van der Waals surface area contributed by atoms with Crippen LogP contribution in [0.15, 0.2) is 4.99 Å². The number of likely N-dealkylation sites (tertiary alicyclic amines) is 1. The molecule has 2 atom stereocenters. The lowest BCUT2D eigenvalue weighted by molar-refractivity contribution is -0.121. The van der Waals surface area contributed by atoms with Crippen molar-refractivity contribution in [2.45, 2.75) is 46.1 Å². The Hall–Kier alpha value is -1.30. The summed E-state index contributed by atoms with van der Waals surface area (Å²) in [6, 6.07) is 0.234. The summed E-state index contributed by atoms with van der Waals surface area (Å²) in [4.78, 5) is 18.6. The third-order valence-electron chi connectivity index (χ3n) is 3.94. The van der Waals surface area contributed by atoms with Gasteiger partial charge in [-0.1, -0.05) is 6.92 Å². The molecule has 6 nitrogen and oxygen atoms in total. The Morgan fingerprint density at radius 1 is 1.45 bits per heavy atom. The van der Waals surface area contributed by atoms with Gasteiger partial charge < -0.3 is 20.3 Å². The Morgan fingerprint density at radius 3 is 2.86 bits per heavy atom. The first-order valence-corrected chi connectivity index (χ1v) is 8.42. The van der Waals surface area contributed by atoms with Crippen molar-refractivity contribution in [3.05, 3.63) is 0 Å². The highest BCUT2D eigenvalue weighted by atomic mass is 16.5. The van der Waals surface area contributed by atoms with Gasteiger partial charge >= 0.3 is 0 Å². The third kappa shape index (κ3) is 6.64. The molecule has 1 rings (SSSR count). The fraction of sp³-hybridized carbons (Fsp3) is 0.875.